The van der Waals surface area contributed by atoms with Crippen molar-refractivity contribution >= 4 is 32.6 Å². The molecule has 2 heteroatoms. The summed E-state index contributed by atoms with van der Waals surface area (Å²) < 4.78 is 71.2. The molecule has 1 aromatic heterocycles. The van der Waals surface area contributed by atoms with Gasteiger partial charge in [0.2, 0.25) is 0 Å². The molecule has 0 saturated heterocycles. The van der Waals surface area contributed by atoms with Gasteiger partial charge in [0.05, 0.1) is 20.6 Å². The van der Waals surface area contributed by atoms with Crippen molar-refractivity contribution in [1.82, 2.24) is 4.57 Å². The van der Waals surface area contributed by atoms with E-state index >= 15 is 0 Å². The van der Waals surface area contributed by atoms with Crippen LogP contribution in [-0.2, 0) is 0 Å². The second-order valence-electron chi connectivity index (χ2n) is 8.81. The van der Waals surface area contributed by atoms with Crippen LogP contribution in [0, 0.1) is 0 Å². The molecule has 168 valence electrons. The summed E-state index contributed by atoms with van der Waals surface area (Å²) in [7, 11) is 0. The number of para-hydroxylation sites is 2. The Morgan fingerprint density at radius 2 is 1.31 bits per heavy atom. The third kappa shape index (κ3) is 2.73. The summed E-state index contributed by atoms with van der Waals surface area (Å²) in [5, 5.41) is 3.49. The molecule has 0 amide bonds. The maximum atomic E-state index is 9.42. The zero-order valence-electron chi connectivity index (χ0n) is 25.9. The molecule has 6 aromatic carbocycles. The summed E-state index contributed by atoms with van der Waals surface area (Å²) in [6.45, 7) is 0. The van der Waals surface area contributed by atoms with Gasteiger partial charge in [-0.15, -0.1) is 0 Å². The number of nitrogens with zero attached hydrogens (tertiary/aromatic N) is 1. The van der Waals surface area contributed by atoms with Gasteiger partial charge in [-0.2, -0.15) is 0 Å². The second kappa shape index (κ2) is 7.34. The summed E-state index contributed by atoms with van der Waals surface area (Å²) in [5.41, 5.74) is 2.28. The zero-order valence-corrected chi connectivity index (χ0v) is 18.9. The quantitative estimate of drug-likeness (QED) is 0.247. The Hall–Kier alpha value is -4.82. The second-order valence-corrected chi connectivity index (χ2v) is 8.81. The fraction of sp³-hybridized carbons (Fsp3) is 0. The Labute approximate surface area is 218 Å². The minimum atomic E-state index is -0.434. The van der Waals surface area contributed by atoms with Gasteiger partial charge in [-0.05, 0) is 64.4 Å². The molecule has 7 aromatic rings. The van der Waals surface area contributed by atoms with E-state index in [1.165, 1.54) is 0 Å². The molecule has 1 aliphatic rings. The van der Waals surface area contributed by atoms with Crippen LogP contribution in [0.25, 0.3) is 60.5 Å². The van der Waals surface area contributed by atoms with Gasteiger partial charge in [-0.3, -0.25) is 0 Å². The molecule has 0 atom stereocenters. The van der Waals surface area contributed by atoms with E-state index in [0.717, 1.165) is 32.6 Å². The Kier molecular flexibility index (Phi) is 2.84. The maximum absolute atomic E-state index is 9.42. The van der Waals surface area contributed by atoms with Crippen molar-refractivity contribution in [3.63, 3.8) is 0 Å². The summed E-state index contributed by atoms with van der Waals surface area (Å²) in [5.74, 6) is 0.609. The summed E-state index contributed by atoms with van der Waals surface area (Å²) in [6, 6.07) is 24.2. The normalized spacial score (nSPS) is 14.8. The first kappa shape index (κ1) is 13.9. The van der Waals surface area contributed by atoms with Crippen molar-refractivity contribution < 1.29 is 14.3 Å². The number of hydrogen-bond acceptors (Lipinski definition) is 1. The minimum absolute atomic E-state index is 0.0776. The largest absolute Gasteiger partial charge is 0.456 e. The van der Waals surface area contributed by atoms with E-state index in [1.54, 1.807) is 10.6 Å². The summed E-state index contributed by atoms with van der Waals surface area (Å²) in [4.78, 5) is 0. The van der Waals surface area contributed by atoms with Crippen LogP contribution < -0.4 is 4.74 Å². The van der Waals surface area contributed by atoms with Crippen LogP contribution in [0.3, 0.4) is 0 Å². The molecule has 0 spiro atoms. The lowest BCUT2D eigenvalue weighted by molar-refractivity contribution is 0.487. The number of benzene rings is 6. The van der Waals surface area contributed by atoms with E-state index in [4.69, 9.17) is 11.6 Å². The van der Waals surface area contributed by atoms with Gasteiger partial charge in [0.15, 0.2) is 0 Å². The average Bonchev–Trinajstić information content (AvgIpc) is 3.35. The monoisotopic (exact) mass is 466 g/mol. The van der Waals surface area contributed by atoms with Gasteiger partial charge >= 0.3 is 0 Å². The topological polar surface area (TPSA) is 14.2 Å². The SMILES string of the molecule is [2H]c1c([2H])c(-c2c([2H])c([2H])c3c(c2[2H])-c2cccc4cccc(c24)O3)c([2H])c(-n2c3ccccc3c3ccccc32)c1[2H]. The molecule has 0 N–H and O–H groups in total. The highest BCUT2D eigenvalue weighted by Crippen LogP contribution is 2.47. The molecule has 36 heavy (non-hydrogen) atoms. The molecular weight excluding hydrogens is 438 g/mol. The van der Waals surface area contributed by atoms with E-state index < -0.39 is 12.1 Å². The minimum Gasteiger partial charge on any atom is -0.456 e. The Bertz CT molecular complexity index is 2300. The average molecular weight is 467 g/mol. The lowest BCUT2D eigenvalue weighted by atomic mass is 9.92. The third-order valence-electron chi connectivity index (χ3n) is 6.79. The molecular formula is C34H21NO. The van der Waals surface area contributed by atoms with Crippen molar-refractivity contribution in [2.24, 2.45) is 0 Å². The van der Waals surface area contributed by atoms with E-state index in [9.17, 15) is 2.74 Å². The van der Waals surface area contributed by atoms with Crippen LogP contribution in [0.4, 0.5) is 0 Å². The highest BCUT2D eigenvalue weighted by molar-refractivity contribution is 6.09. The van der Waals surface area contributed by atoms with Gasteiger partial charge in [0.1, 0.15) is 11.5 Å². The van der Waals surface area contributed by atoms with Crippen molar-refractivity contribution in [3.8, 4) is 39.4 Å². The fourth-order valence-corrected chi connectivity index (χ4v) is 5.23. The Morgan fingerprint density at radius 1 is 0.583 bits per heavy atom. The van der Waals surface area contributed by atoms with E-state index in [1.807, 2.05) is 78.9 Å². The zero-order chi connectivity index (χ0) is 29.7. The van der Waals surface area contributed by atoms with E-state index in [0.29, 0.717) is 16.9 Å². The van der Waals surface area contributed by atoms with Gasteiger partial charge in [0, 0.05) is 27.4 Å². The smallest absolute Gasteiger partial charge is 0.135 e. The molecule has 2 nitrogen and oxygen atoms in total. The molecule has 0 unspecified atom stereocenters. The van der Waals surface area contributed by atoms with Crippen LogP contribution in [-0.4, -0.2) is 4.57 Å². The highest BCUT2D eigenvalue weighted by Gasteiger charge is 2.20. The first-order valence-corrected chi connectivity index (χ1v) is 11.7. The first-order chi connectivity index (χ1) is 20.8. The molecule has 2 heterocycles. The molecule has 0 aliphatic carbocycles. The predicted octanol–water partition coefficient (Wildman–Crippen LogP) is 9.38. The molecule has 8 rings (SSSR count). The van der Waals surface area contributed by atoms with E-state index in [-0.39, 0.29) is 52.8 Å². The van der Waals surface area contributed by atoms with Crippen LogP contribution in [0.1, 0.15) is 9.60 Å². The molecule has 0 bridgehead atoms. The van der Waals surface area contributed by atoms with Crippen LogP contribution in [0.5, 0.6) is 11.5 Å². The van der Waals surface area contributed by atoms with E-state index in [2.05, 4.69) is 0 Å². The predicted molar refractivity (Wildman–Crippen MR) is 149 cm³/mol. The molecule has 1 aliphatic heterocycles. The number of fused-ring (bicyclic) bond motifs is 5. The third-order valence-corrected chi connectivity index (χ3v) is 6.79. The summed E-state index contributed by atoms with van der Waals surface area (Å²) in [6.07, 6.45) is 0. The van der Waals surface area contributed by atoms with Gasteiger partial charge in [0.25, 0.3) is 0 Å². The van der Waals surface area contributed by atoms with Gasteiger partial charge < -0.3 is 9.30 Å². The molecule has 0 fully saturated rings. The Morgan fingerprint density at radius 3 is 2.11 bits per heavy atom. The lowest BCUT2D eigenvalue weighted by Gasteiger charge is -2.22. The van der Waals surface area contributed by atoms with Crippen molar-refractivity contribution in [2.75, 3.05) is 0 Å². The standard InChI is InChI=1S/C34H21NO/c1-3-15-30-26(12-1)27-13-2-4-16-31(27)35(30)25-11-5-10-23(20-25)24-18-19-32-29(21-24)28-14-6-8-22-9-7-17-33(36-32)34(22)28/h1-21H/i5D,10D,11D,18D,19D,20D,21D. The van der Waals surface area contributed by atoms with Crippen LogP contribution in [0.15, 0.2) is 127 Å². The summed E-state index contributed by atoms with van der Waals surface area (Å²) >= 11 is 0. The molecule has 0 radical (unpaired) electrons. The van der Waals surface area contributed by atoms with Gasteiger partial charge in [-0.1, -0.05) is 84.9 Å². The van der Waals surface area contributed by atoms with Gasteiger partial charge in [-0.25, -0.2) is 0 Å². The molecule has 0 saturated carbocycles. The van der Waals surface area contributed by atoms with Crippen molar-refractivity contribution in [1.29, 1.82) is 0 Å². The van der Waals surface area contributed by atoms with Crippen LogP contribution >= 0.6 is 0 Å². The number of hydrogen-bond donors (Lipinski definition) is 0. The van der Waals surface area contributed by atoms with Crippen molar-refractivity contribution in [2.45, 2.75) is 0 Å². The number of rotatable bonds is 2. The number of ether oxygens (including phenoxy) is 1. The fourth-order valence-electron chi connectivity index (χ4n) is 5.23. The maximum Gasteiger partial charge on any atom is 0.135 e. The number of aromatic nitrogens is 1. The van der Waals surface area contributed by atoms with Crippen molar-refractivity contribution in [3.05, 3.63) is 127 Å². The Balaban J connectivity index is 1.50. The highest BCUT2D eigenvalue weighted by atomic mass is 16.5. The lowest BCUT2D eigenvalue weighted by Crippen LogP contribution is -1.97. The first-order valence-electron chi connectivity index (χ1n) is 15.2. The van der Waals surface area contributed by atoms with Crippen LogP contribution in [0.2, 0.25) is 0 Å².